The third-order valence-corrected chi connectivity index (χ3v) is 3.05. The van der Waals surface area contributed by atoms with E-state index in [1.165, 1.54) is 6.07 Å². The molecule has 0 spiro atoms. The maximum atomic E-state index is 14.0. The number of benzene rings is 1. The smallest absolute Gasteiger partial charge is 0.335 e. The van der Waals surface area contributed by atoms with E-state index < -0.39 is 11.8 Å². The van der Waals surface area contributed by atoms with Gasteiger partial charge in [-0.25, -0.2) is 9.18 Å². The molecule has 0 unspecified atom stereocenters. The molecule has 98 valence electrons. The van der Waals surface area contributed by atoms with Crippen molar-refractivity contribution in [2.45, 2.75) is 32.7 Å². The molecule has 0 saturated heterocycles. The van der Waals surface area contributed by atoms with Gasteiger partial charge in [-0.3, -0.25) is 0 Å². The molecule has 1 aromatic carbocycles. The molecule has 2 rings (SSSR count). The maximum absolute atomic E-state index is 14.0. The second kappa shape index (κ2) is 4.96. The first kappa shape index (κ1) is 12.9. The molecule has 1 aliphatic rings. The molecule has 0 amide bonds. The molecule has 0 aliphatic heterocycles. The first-order chi connectivity index (χ1) is 8.49. The number of anilines is 1. The Morgan fingerprint density at radius 3 is 2.61 bits per heavy atom. The third-order valence-electron chi connectivity index (χ3n) is 3.05. The van der Waals surface area contributed by atoms with E-state index in [9.17, 15) is 9.18 Å². The first-order valence-corrected chi connectivity index (χ1v) is 6.28. The van der Waals surface area contributed by atoms with E-state index in [0.717, 1.165) is 25.5 Å². The fourth-order valence-electron chi connectivity index (χ4n) is 2.10. The van der Waals surface area contributed by atoms with Crippen molar-refractivity contribution in [3.63, 3.8) is 0 Å². The van der Waals surface area contributed by atoms with Gasteiger partial charge in [0.05, 0.1) is 11.3 Å². The lowest BCUT2D eigenvalue weighted by atomic mass is 10.1. The molecule has 0 aromatic heterocycles. The van der Waals surface area contributed by atoms with Gasteiger partial charge >= 0.3 is 5.97 Å². The highest BCUT2D eigenvalue weighted by molar-refractivity contribution is 5.88. The lowest BCUT2D eigenvalue weighted by molar-refractivity contribution is 0.0696. The highest BCUT2D eigenvalue weighted by Crippen LogP contribution is 2.34. The molecule has 3 nitrogen and oxygen atoms in total. The Balaban J connectivity index is 2.27. The fraction of sp³-hybridized carbons (Fsp3) is 0.500. The lowest BCUT2D eigenvalue weighted by Gasteiger charge is -2.27. The van der Waals surface area contributed by atoms with Crippen LogP contribution in [-0.2, 0) is 0 Å². The minimum absolute atomic E-state index is 0.00320. The first-order valence-electron chi connectivity index (χ1n) is 6.28. The van der Waals surface area contributed by atoms with Crippen molar-refractivity contribution in [2.75, 3.05) is 11.4 Å². The second-order valence-corrected chi connectivity index (χ2v) is 5.25. The van der Waals surface area contributed by atoms with Gasteiger partial charge in [0.15, 0.2) is 0 Å². The van der Waals surface area contributed by atoms with Crippen molar-refractivity contribution in [1.82, 2.24) is 0 Å². The van der Waals surface area contributed by atoms with Crippen molar-refractivity contribution in [3.05, 3.63) is 29.6 Å². The van der Waals surface area contributed by atoms with E-state index in [2.05, 4.69) is 18.7 Å². The molecular formula is C14H18FNO2. The zero-order chi connectivity index (χ0) is 13.3. The van der Waals surface area contributed by atoms with Gasteiger partial charge in [0, 0.05) is 12.6 Å². The Bertz CT molecular complexity index is 455. The summed E-state index contributed by atoms with van der Waals surface area (Å²) in [6.45, 7) is 4.99. The van der Waals surface area contributed by atoms with Crippen molar-refractivity contribution >= 4 is 11.7 Å². The van der Waals surface area contributed by atoms with E-state index >= 15 is 0 Å². The largest absolute Gasteiger partial charge is 0.478 e. The molecule has 1 N–H and O–H groups in total. The molecule has 1 fully saturated rings. The minimum Gasteiger partial charge on any atom is -0.478 e. The lowest BCUT2D eigenvalue weighted by Crippen LogP contribution is -2.30. The van der Waals surface area contributed by atoms with E-state index in [-0.39, 0.29) is 5.56 Å². The van der Waals surface area contributed by atoms with Gasteiger partial charge in [0.2, 0.25) is 0 Å². The summed E-state index contributed by atoms with van der Waals surface area (Å²) in [6.07, 6.45) is 2.18. The predicted molar refractivity (Wildman–Crippen MR) is 68.6 cm³/mol. The van der Waals surface area contributed by atoms with Crippen LogP contribution in [-0.4, -0.2) is 23.7 Å². The van der Waals surface area contributed by atoms with Crippen LogP contribution in [0.3, 0.4) is 0 Å². The Labute approximate surface area is 106 Å². The molecule has 0 atom stereocenters. The molecule has 0 bridgehead atoms. The average Bonchev–Trinajstić information content (AvgIpc) is 3.09. The predicted octanol–water partition coefficient (Wildman–Crippen LogP) is 3.15. The van der Waals surface area contributed by atoms with Gasteiger partial charge < -0.3 is 10.0 Å². The number of hydrogen-bond acceptors (Lipinski definition) is 2. The van der Waals surface area contributed by atoms with E-state index in [1.807, 2.05) is 0 Å². The molecule has 0 radical (unpaired) electrons. The number of carboxylic acids is 1. The summed E-state index contributed by atoms with van der Waals surface area (Å²) in [7, 11) is 0. The van der Waals surface area contributed by atoms with Gasteiger partial charge in [-0.2, -0.15) is 0 Å². The zero-order valence-corrected chi connectivity index (χ0v) is 10.7. The van der Waals surface area contributed by atoms with Crippen LogP contribution in [0.5, 0.6) is 0 Å². The molecule has 1 aliphatic carbocycles. The van der Waals surface area contributed by atoms with Crippen molar-refractivity contribution in [1.29, 1.82) is 0 Å². The Hall–Kier alpha value is -1.58. The van der Waals surface area contributed by atoms with Gasteiger partial charge in [-0.05, 0) is 37.0 Å². The summed E-state index contributed by atoms with van der Waals surface area (Å²) >= 11 is 0. The van der Waals surface area contributed by atoms with Crippen LogP contribution >= 0.6 is 0 Å². The highest BCUT2D eigenvalue weighted by Gasteiger charge is 2.31. The summed E-state index contributed by atoms with van der Waals surface area (Å²) in [4.78, 5) is 12.8. The third kappa shape index (κ3) is 2.81. The van der Waals surface area contributed by atoms with Crippen molar-refractivity contribution in [2.24, 2.45) is 5.92 Å². The number of aromatic carboxylic acids is 1. The molecular weight excluding hydrogens is 233 g/mol. The normalized spacial score (nSPS) is 14.9. The summed E-state index contributed by atoms with van der Waals surface area (Å²) in [6, 6.07) is 4.57. The van der Waals surface area contributed by atoms with Crippen LogP contribution in [0.4, 0.5) is 10.1 Å². The number of carbonyl (C=O) groups is 1. The summed E-state index contributed by atoms with van der Waals surface area (Å²) in [5.74, 6) is -1.09. The monoisotopic (exact) mass is 251 g/mol. The highest BCUT2D eigenvalue weighted by atomic mass is 19.1. The quantitative estimate of drug-likeness (QED) is 0.874. The Morgan fingerprint density at radius 1 is 1.50 bits per heavy atom. The summed E-state index contributed by atoms with van der Waals surface area (Å²) < 4.78 is 14.0. The zero-order valence-electron chi connectivity index (χ0n) is 10.7. The fourth-order valence-corrected chi connectivity index (χ4v) is 2.10. The van der Waals surface area contributed by atoms with Crippen LogP contribution in [0.15, 0.2) is 18.2 Å². The average molecular weight is 251 g/mol. The molecule has 18 heavy (non-hydrogen) atoms. The van der Waals surface area contributed by atoms with Crippen molar-refractivity contribution < 1.29 is 14.3 Å². The van der Waals surface area contributed by atoms with E-state index in [4.69, 9.17) is 5.11 Å². The Kier molecular flexibility index (Phi) is 3.55. The van der Waals surface area contributed by atoms with Crippen LogP contribution in [0.25, 0.3) is 0 Å². The maximum Gasteiger partial charge on any atom is 0.335 e. The molecule has 1 saturated carbocycles. The summed E-state index contributed by atoms with van der Waals surface area (Å²) in [5.41, 5.74) is 0.521. The number of nitrogens with zero attached hydrogens (tertiary/aromatic N) is 1. The standard InChI is InChI=1S/C14H18FNO2/c1-9(2)8-16(11-4-5-11)13-6-3-10(14(17)18)7-12(13)15/h3,6-7,9,11H,4-5,8H2,1-2H3,(H,17,18). The van der Waals surface area contributed by atoms with E-state index in [1.54, 1.807) is 6.07 Å². The topological polar surface area (TPSA) is 40.5 Å². The van der Waals surface area contributed by atoms with Crippen LogP contribution in [0.1, 0.15) is 37.0 Å². The molecule has 0 heterocycles. The molecule has 4 heteroatoms. The van der Waals surface area contributed by atoms with Gasteiger partial charge in [0.1, 0.15) is 5.82 Å². The van der Waals surface area contributed by atoms with E-state index in [0.29, 0.717) is 17.6 Å². The number of hydrogen-bond donors (Lipinski definition) is 1. The number of carboxylic acid groups (broad SMARTS) is 1. The van der Waals surface area contributed by atoms with Gasteiger partial charge in [-0.15, -0.1) is 0 Å². The van der Waals surface area contributed by atoms with Gasteiger partial charge in [0.25, 0.3) is 0 Å². The molecule has 1 aromatic rings. The van der Waals surface area contributed by atoms with Crippen LogP contribution in [0, 0.1) is 11.7 Å². The van der Waals surface area contributed by atoms with Crippen LogP contribution in [0.2, 0.25) is 0 Å². The Morgan fingerprint density at radius 2 is 2.17 bits per heavy atom. The minimum atomic E-state index is -1.10. The summed E-state index contributed by atoms with van der Waals surface area (Å²) in [5, 5.41) is 8.83. The number of halogens is 1. The SMILES string of the molecule is CC(C)CN(c1ccc(C(=O)O)cc1F)C1CC1. The second-order valence-electron chi connectivity index (χ2n) is 5.25. The number of rotatable bonds is 5. The van der Waals surface area contributed by atoms with Crippen molar-refractivity contribution in [3.8, 4) is 0 Å². The van der Waals surface area contributed by atoms with Crippen LogP contribution < -0.4 is 4.90 Å². The van der Waals surface area contributed by atoms with Gasteiger partial charge in [-0.1, -0.05) is 13.8 Å².